The Kier molecular flexibility index (Phi) is 15.4. The van der Waals surface area contributed by atoms with Gasteiger partial charge in [0.2, 0.25) is 0 Å². The second kappa shape index (κ2) is 9.21. The maximum absolute atomic E-state index is 5.25. The first-order valence-electron chi connectivity index (χ1n) is 2.04. The van der Waals surface area contributed by atoms with Gasteiger partial charge in [0.05, 0.1) is 0 Å². The van der Waals surface area contributed by atoms with Gasteiger partial charge in [0, 0.05) is 0 Å². The maximum atomic E-state index is 5.17. The second-order valence-electron chi connectivity index (χ2n) is 1.46. The van der Waals surface area contributed by atoms with Crippen molar-refractivity contribution < 1.29 is 61.7 Å². The van der Waals surface area contributed by atoms with E-state index in [1.54, 1.807) is 0 Å². The Labute approximate surface area is 152 Å². The minimum absolute atomic E-state index is 2.11. The molecule has 0 aromatic rings. The summed E-state index contributed by atoms with van der Waals surface area (Å²) in [4.78, 5) is 0. The van der Waals surface area contributed by atoms with Crippen LogP contribution in [0.25, 0.3) is 0 Å². The molecule has 0 saturated carbocycles. The van der Waals surface area contributed by atoms with Crippen LogP contribution in [0, 0.1) is 28.3 Å². The van der Waals surface area contributed by atoms with Crippen molar-refractivity contribution in [3.8, 4) is 0 Å². The van der Waals surface area contributed by atoms with E-state index in [1.165, 1.54) is 0 Å². The fourth-order valence-electron chi connectivity index (χ4n) is 0. The van der Waals surface area contributed by atoms with Crippen LogP contribution < -0.4 is 0 Å². The summed E-state index contributed by atoms with van der Waals surface area (Å²) >= 11 is -5.28. The summed E-state index contributed by atoms with van der Waals surface area (Å²) in [5.74, 6) is 0. The molecule has 0 aliphatic rings. The first-order chi connectivity index (χ1) is 6.18. The van der Waals surface area contributed by atoms with Gasteiger partial charge in [-0.1, -0.05) is 0 Å². The molecule has 0 aromatic carbocycles. The molecule has 0 radical (unpaired) electrons. The molecule has 109 valence electrons. The van der Waals surface area contributed by atoms with Crippen LogP contribution in [0.3, 0.4) is 0 Å². The van der Waals surface area contributed by atoms with E-state index < -0.39 is 33.4 Å². The van der Waals surface area contributed by atoms with Crippen molar-refractivity contribution >= 4 is 94.2 Å². The second-order valence-corrected chi connectivity index (χ2v) is 108. The molecule has 16 heteroatoms. The Morgan fingerprint density at radius 2 is 0.812 bits per heavy atom. The summed E-state index contributed by atoms with van der Waals surface area (Å²) in [6, 6.07) is 0. The van der Waals surface area contributed by atoms with E-state index in [0.717, 1.165) is 0 Å². The first kappa shape index (κ1) is 26.7. The molecule has 0 amide bonds. The summed E-state index contributed by atoms with van der Waals surface area (Å²) in [6.45, 7) is 0. The first-order valence-corrected chi connectivity index (χ1v) is 50.2. The number of hydrogen-bond acceptors (Lipinski definition) is 0. The molecule has 0 heterocycles. The Bertz CT molecular complexity index is 152. The molecule has 0 fully saturated rings. The van der Waals surface area contributed by atoms with Crippen molar-refractivity contribution in [1.82, 2.24) is 0 Å². The topological polar surface area (TPSA) is 0 Å². The molecular weight excluding hydrogens is 1010 g/mol. The molecule has 16 heavy (non-hydrogen) atoms. The SMILES string of the molecule is [Cl][W]([Cl])([Cl])([Cl])([ClH+])[ClH+].[Cl][W]([Cl])([Cl])[ClH+].[Cl][W]([Cl])[Cl]. The van der Waals surface area contributed by atoms with E-state index in [9.17, 15) is 0 Å². The molecule has 0 atom stereocenters. The van der Waals surface area contributed by atoms with Crippen molar-refractivity contribution in [2.45, 2.75) is 0 Å². The molecule has 0 saturated heterocycles. The van der Waals surface area contributed by atoms with Gasteiger partial charge >= 0.3 is 156 Å². The van der Waals surface area contributed by atoms with E-state index in [-0.39, 0.29) is 0 Å². The Morgan fingerprint density at radius 3 is 0.812 bits per heavy atom. The zero-order valence-electron chi connectivity index (χ0n) is 6.23. The third-order valence-electron chi connectivity index (χ3n) is 0. The Balaban J connectivity index is -0.000000166. The minimum atomic E-state index is -5.25. The van der Waals surface area contributed by atoms with Crippen LogP contribution in [-0.2, 0) is 33.4 Å². The van der Waals surface area contributed by atoms with Crippen molar-refractivity contribution in [3.05, 3.63) is 0 Å². The van der Waals surface area contributed by atoms with E-state index in [2.05, 4.69) is 28.3 Å². The van der Waals surface area contributed by atoms with Gasteiger partial charge in [-0.2, -0.15) is 0 Å². The average Bonchev–Trinajstić information content (AvgIpc) is 1.39. The standard InChI is InChI=1S/13ClH.3W/h13*1H;;;/q;;;;;;;;;;;;;+3;+4;+6/p-10. The average molecular weight is 1020 g/mol. The third-order valence-corrected chi connectivity index (χ3v) is 0. The molecule has 0 bridgehead atoms. The van der Waals surface area contributed by atoms with E-state index in [1.807, 2.05) is 0 Å². The van der Waals surface area contributed by atoms with Gasteiger partial charge in [0.15, 0.2) is 0 Å². The summed E-state index contributed by atoms with van der Waals surface area (Å²) in [5, 5.41) is 0. The van der Waals surface area contributed by atoms with Gasteiger partial charge in [-0.15, -0.1) is 0 Å². The molecule has 0 unspecified atom stereocenters. The van der Waals surface area contributed by atoms with Gasteiger partial charge in [0.25, 0.3) is 0 Å². The van der Waals surface area contributed by atoms with E-state index in [0.29, 0.717) is 0 Å². The number of rotatable bonds is 0. The van der Waals surface area contributed by atoms with Gasteiger partial charge in [-0.05, 0) is 0 Å². The fraction of sp³-hybridized carbons (Fsp3) is 0. The molecule has 0 rings (SSSR count). The van der Waals surface area contributed by atoms with Crippen LogP contribution in [0.4, 0.5) is 0 Å². The van der Waals surface area contributed by atoms with Crippen LogP contribution in [0.15, 0.2) is 0 Å². The van der Waals surface area contributed by atoms with Crippen LogP contribution >= 0.6 is 94.2 Å². The molecule has 0 aliphatic carbocycles. The van der Waals surface area contributed by atoms with Gasteiger partial charge in [-0.25, -0.2) is 0 Å². The van der Waals surface area contributed by atoms with Crippen LogP contribution in [0.5, 0.6) is 0 Å². The van der Waals surface area contributed by atoms with Crippen LogP contribution in [0.2, 0.25) is 0 Å². The summed E-state index contributed by atoms with van der Waals surface area (Å²) < 4.78 is 0. The van der Waals surface area contributed by atoms with E-state index in [4.69, 9.17) is 94.2 Å². The van der Waals surface area contributed by atoms with Crippen molar-refractivity contribution in [2.75, 3.05) is 0 Å². The fourth-order valence-corrected chi connectivity index (χ4v) is 0. The summed E-state index contributed by atoms with van der Waals surface area (Å²) in [5.41, 5.74) is 0. The molecule has 0 aromatic heterocycles. The molecule has 0 N–H and O–H groups in total. The van der Waals surface area contributed by atoms with Crippen molar-refractivity contribution in [1.29, 1.82) is 0 Å². The van der Waals surface area contributed by atoms with Crippen molar-refractivity contribution in [2.24, 2.45) is 0 Å². The van der Waals surface area contributed by atoms with Crippen LogP contribution in [-0.4, -0.2) is 0 Å². The Morgan fingerprint density at radius 1 is 0.812 bits per heavy atom. The van der Waals surface area contributed by atoms with Gasteiger partial charge in [0.1, 0.15) is 0 Å². The summed E-state index contributed by atoms with van der Waals surface area (Å²) in [6.07, 6.45) is 0. The molecule has 0 aliphatic heterocycles. The quantitative estimate of drug-likeness (QED) is 0.276. The van der Waals surface area contributed by atoms with Gasteiger partial charge in [-0.3, -0.25) is 0 Å². The number of hydrogen-bond donors (Lipinski definition) is 0. The van der Waals surface area contributed by atoms with Crippen molar-refractivity contribution in [3.63, 3.8) is 0 Å². The zero-order chi connectivity index (χ0) is 14.5. The number of halogens is 13. The van der Waals surface area contributed by atoms with Crippen LogP contribution in [0.1, 0.15) is 0 Å². The summed E-state index contributed by atoms with van der Waals surface area (Å²) in [7, 11) is 58.6. The monoisotopic (exact) mass is 1010 g/mol. The zero-order valence-corrected chi connectivity index (χ0v) is 25.0. The predicted molar refractivity (Wildman–Crippen MR) is 62.7 cm³/mol. The normalized spacial score (nSPS) is 17.1. The van der Waals surface area contributed by atoms with E-state index >= 15 is 0 Å². The Hall–Kier alpha value is 5.83. The molecule has 0 spiro atoms. The molecule has 0 nitrogen and oxygen atoms in total. The predicted octanol–water partition coefficient (Wildman–Crippen LogP) is 6.08. The third kappa shape index (κ3) is 207. The molecular formula is H3Cl13W3+3. The van der Waals surface area contributed by atoms with Gasteiger partial charge < -0.3 is 0 Å².